The quantitative estimate of drug-likeness (QED) is 0.865. The van der Waals surface area contributed by atoms with Crippen LogP contribution in [0.5, 0.6) is 0 Å². The number of hydrogen-bond donors (Lipinski definition) is 1. The van der Waals surface area contributed by atoms with E-state index in [4.69, 9.17) is 5.11 Å². The third-order valence-electron chi connectivity index (χ3n) is 2.63. The molecule has 0 unspecified atom stereocenters. The zero-order chi connectivity index (χ0) is 13.4. The van der Waals surface area contributed by atoms with Gasteiger partial charge in [-0.25, -0.2) is 8.78 Å². The van der Waals surface area contributed by atoms with Crippen LogP contribution in [0.3, 0.4) is 0 Å². The molecule has 17 heavy (non-hydrogen) atoms. The summed E-state index contributed by atoms with van der Waals surface area (Å²) in [7, 11) is 0. The first-order valence-electron chi connectivity index (χ1n) is 5.03. The van der Waals surface area contributed by atoms with E-state index in [1.54, 1.807) is 0 Å². The molecule has 1 N–H and O–H groups in total. The van der Waals surface area contributed by atoms with Gasteiger partial charge in [0.1, 0.15) is 11.6 Å². The van der Waals surface area contributed by atoms with Crippen LogP contribution in [-0.2, 0) is 11.2 Å². The van der Waals surface area contributed by atoms with Gasteiger partial charge in [-0.15, -0.1) is 0 Å². The number of aliphatic carboxylic acids is 1. The first kappa shape index (κ1) is 14.1. The van der Waals surface area contributed by atoms with Gasteiger partial charge in [-0.1, -0.05) is 0 Å². The Bertz CT molecular complexity index is 444. The predicted molar refractivity (Wildman–Crippen MR) is 63.9 cm³/mol. The van der Waals surface area contributed by atoms with Crippen LogP contribution >= 0.6 is 15.9 Å². The molecular weight excluding hydrogens is 294 g/mol. The Kier molecular flexibility index (Phi) is 3.91. The van der Waals surface area contributed by atoms with Crippen molar-refractivity contribution in [1.82, 2.24) is 0 Å². The van der Waals surface area contributed by atoms with Gasteiger partial charge in [-0.3, -0.25) is 4.79 Å². The molecule has 0 aliphatic rings. The standard InChI is InChI=1S/C12H13BrF2O2/c1-6-4-8(13)10(15)7(9(6)14)5-12(2,3)11(16)17/h4H,5H2,1-3H3,(H,16,17). The normalized spacial score (nSPS) is 11.6. The van der Waals surface area contributed by atoms with Crippen molar-refractivity contribution >= 4 is 21.9 Å². The summed E-state index contributed by atoms with van der Waals surface area (Å²) in [6.07, 6.45) is -0.194. The van der Waals surface area contributed by atoms with Crippen LogP contribution in [0.15, 0.2) is 10.5 Å². The summed E-state index contributed by atoms with van der Waals surface area (Å²) in [6, 6.07) is 1.34. The zero-order valence-electron chi connectivity index (χ0n) is 9.77. The molecule has 1 aromatic carbocycles. The second kappa shape index (κ2) is 4.72. The Hall–Kier alpha value is -0.970. The Morgan fingerprint density at radius 2 is 1.94 bits per heavy atom. The third-order valence-corrected chi connectivity index (χ3v) is 3.20. The molecule has 0 saturated heterocycles. The molecule has 0 fully saturated rings. The fraction of sp³-hybridized carbons (Fsp3) is 0.417. The monoisotopic (exact) mass is 306 g/mol. The van der Waals surface area contributed by atoms with Crippen LogP contribution in [-0.4, -0.2) is 11.1 Å². The molecule has 0 spiro atoms. The molecule has 1 aromatic rings. The highest BCUT2D eigenvalue weighted by atomic mass is 79.9. The molecular formula is C12H13BrF2O2. The molecule has 5 heteroatoms. The Balaban J connectivity index is 3.28. The average Bonchev–Trinajstić information content (AvgIpc) is 2.21. The van der Waals surface area contributed by atoms with Crippen LogP contribution in [0.25, 0.3) is 0 Å². The SMILES string of the molecule is Cc1cc(Br)c(F)c(CC(C)(C)C(=O)O)c1F. The van der Waals surface area contributed by atoms with Gasteiger partial charge in [0, 0.05) is 5.56 Å². The predicted octanol–water partition coefficient (Wildman–Crippen LogP) is 3.69. The van der Waals surface area contributed by atoms with E-state index in [0.717, 1.165) is 0 Å². The maximum atomic E-state index is 13.8. The minimum atomic E-state index is -1.21. The van der Waals surface area contributed by atoms with Crippen molar-refractivity contribution in [3.63, 3.8) is 0 Å². The Morgan fingerprint density at radius 3 is 2.41 bits per heavy atom. The number of aryl methyl sites for hydroxylation is 1. The molecule has 0 atom stereocenters. The van der Waals surface area contributed by atoms with Crippen LogP contribution in [0.1, 0.15) is 25.0 Å². The average molecular weight is 307 g/mol. The summed E-state index contributed by atoms with van der Waals surface area (Å²) in [5.74, 6) is -2.50. The molecule has 2 nitrogen and oxygen atoms in total. The molecule has 94 valence electrons. The van der Waals surface area contributed by atoms with Gasteiger partial charge in [0.25, 0.3) is 0 Å². The van der Waals surface area contributed by atoms with Gasteiger partial charge < -0.3 is 5.11 Å². The molecule has 0 amide bonds. The second-order valence-electron chi connectivity index (χ2n) is 4.65. The summed E-state index contributed by atoms with van der Waals surface area (Å²) in [5.41, 5.74) is -1.12. The molecule has 1 rings (SSSR count). The maximum Gasteiger partial charge on any atom is 0.309 e. The van der Waals surface area contributed by atoms with Gasteiger partial charge in [0.2, 0.25) is 0 Å². The van der Waals surface area contributed by atoms with Crippen molar-refractivity contribution in [2.75, 3.05) is 0 Å². The van der Waals surface area contributed by atoms with Gasteiger partial charge in [0.15, 0.2) is 0 Å². The van der Waals surface area contributed by atoms with Gasteiger partial charge >= 0.3 is 5.97 Å². The highest BCUT2D eigenvalue weighted by molar-refractivity contribution is 9.10. The van der Waals surface area contributed by atoms with Gasteiger partial charge in [0.05, 0.1) is 9.89 Å². The van der Waals surface area contributed by atoms with Crippen molar-refractivity contribution < 1.29 is 18.7 Å². The summed E-state index contributed by atoms with van der Waals surface area (Å²) >= 11 is 2.99. The van der Waals surface area contributed by atoms with E-state index in [-0.39, 0.29) is 22.0 Å². The smallest absolute Gasteiger partial charge is 0.309 e. The van der Waals surface area contributed by atoms with E-state index < -0.39 is 23.0 Å². The van der Waals surface area contributed by atoms with E-state index in [9.17, 15) is 13.6 Å². The highest BCUT2D eigenvalue weighted by Crippen LogP contribution is 2.30. The second-order valence-corrected chi connectivity index (χ2v) is 5.50. The van der Waals surface area contributed by atoms with Crippen molar-refractivity contribution in [3.05, 3.63) is 33.3 Å². The molecule has 0 aliphatic heterocycles. The van der Waals surface area contributed by atoms with Crippen molar-refractivity contribution in [2.45, 2.75) is 27.2 Å². The molecule has 0 aromatic heterocycles. The summed E-state index contributed by atoms with van der Waals surface area (Å²) < 4.78 is 27.7. The minimum absolute atomic E-state index is 0.146. The fourth-order valence-corrected chi connectivity index (χ4v) is 2.05. The zero-order valence-corrected chi connectivity index (χ0v) is 11.4. The molecule has 0 aliphatic carbocycles. The summed E-state index contributed by atoms with van der Waals surface area (Å²) in [6.45, 7) is 4.38. The summed E-state index contributed by atoms with van der Waals surface area (Å²) in [5, 5.41) is 8.97. The number of carboxylic acids is 1. The first-order chi connectivity index (χ1) is 7.66. The van der Waals surface area contributed by atoms with E-state index in [0.29, 0.717) is 0 Å². The minimum Gasteiger partial charge on any atom is -0.481 e. The Morgan fingerprint density at radius 1 is 1.41 bits per heavy atom. The number of halogens is 3. The van der Waals surface area contributed by atoms with E-state index in [1.807, 2.05) is 0 Å². The number of rotatable bonds is 3. The lowest BCUT2D eigenvalue weighted by atomic mass is 9.85. The highest BCUT2D eigenvalue weighted by Gasteiger charge is 2.31. The third kappa shape index (κ3) is 2.83. The lowest BCUT2D eigenvalue weighted by molar-refractivity contribution is -0.146. The van der Waals surface area contributed by atoms with Gasteiger partial charge in [-0.05, 0) is 54.8 Å². The number of carboxylic acid groups (broad SMARTS) is 1. The molecule has 0 radical (unpaired) electrons. The van der Waals surface area contributed by atoms with E-state index >= 15 is 0 Å². The van der Waals surface area contributed by atoms with Crippen molar-refractivity contribution in [2.24, 2.45) is 5.41 Å². The van der Waals surface area contributed by atoms with Crippen molar-refractivity contribution in [1.29, 1.82) is 0 Å². The van der Waals surface area contributed by atoms with Crippen LogP contribution in [0.4, 0.5) is 8.78 Å². The van der Waals surface area contributed by atoms with Gasteiger partial charge in [-0.2, -0.15) is 0 Å². The number of benzene rings is 1. The summed E-state index contributed by atoms with van der Waals surface area (Å²) in [4.78, 5) is 11.0. The maximum absolute atomic E-state index is 13.8. The van der Waals surface area contributed by atoms with Crippen molar-refractivity contribution in [3.8, 4) is 0 Å². The van der Waals surface area contributed by atoms with Crippen LogP contribution in [0.2, 0.25) is 0 Å². The lowest BCUT2D eigenvalue weighted by Crippen LogP contribution is -2.27. The number of carbonyl (C=O) groups is 1. The van der Waals surface area contributed by atoms with Crippen LogP contribution in [0, 0.1) is 24.0 Å². The molecule has 0 bridgehead atoms. The van der Waals surface area contributed by atoms with Crippen LogP contribution < -0.4 is 0 Å². The molecule has 0 heterocycles. The number of hydrogen-bond acceptors (Lipinski definition) is 1. The fourth-order valence-electron chi connectivity index (χ4n) is 1.47. The lowest BCUT2D eigenvalue weighted by Gasteiger charge is -2.20. The Labute approximate surface area is 107 Å². The molecule has 0 saturated carbocycles. The van der Waals surface area contributed by atoms with E-state index in [2.05, 4.69) is 15.9 Å². The van der Waals surface area contributed by atoms with E-state index in [1.165, 1.54) is 26.8 Å². The largest absolute Gasteiger partial charge is 0.481 e. The topological polar surface area (TPSA) is 37.3 Å². The first-order valence-corrected chi connectivity index (χ1v) is 5.82.